The molecule has 0 N–H and O–H groups in total. The van der Waals surface area contributed by atoms with E-state index >= 15 is 0 Å². The molecule has 0 fully saturated rings. The molecule has 0 unspecified atom stereocenters. The largest absolute Gasteiger partial charge is 0.207 e. The molecule has 0 saturated carbocycles. The van der Waals surface area contributed by atoms with E-state index < -0.39 is 0 Å². The van der Waals surface area contributed by atoms with E-state index in [0.29, 0.717) is 11.1 Å². The quantitative estimate of drug-likeness (QED) is 0.627. The lowest BCUT2D eigenvalue weighted by molar-refractivity contribution is 0.627. The maximum absolute atomic E-state index is 12.9. The highest BCUT2D eigenvalue weighted by Crippen LogP contribution is 2.04. The van der Waals surface area contributed by atoms with Gasteiger partial charge in [-0.3, -0.25) is 0 Å². The maximum atomic E-state index is 12.9. The van der Waals surface area contributed by atoms with Gasteiger partial charge in [0.2, 0.25) is 0 Å². The fourth-order valence-corrected chi connectivity index (χ4v) is 1.34. The molecule has 0 atom stereocenters. The number of hydrogen-bond donors (Lipinski definition) is 0. The lowest BCUT2D eigenvalue weighted by Crippen LogP contribution is -1.79. The number of nitriles is 1. The SMILES string of the molecule is N#Cc1ccc(C#Cc2cccc(F)c2)cc1. The molecular weight excluding hydrogens is 213 g/mol. The number of benzene rings is 2. The molecule has 17 heavy (non-hydrogen) atoms. The van der Waals surface area contributed by atoms with E-state index in [-0.39, 0.29) is 5.82 Å². The van der Waals surface area contributed by atoms with Crippen molar-refractivity contribution in [3.8, 4) is 17.9 Å². The van der Waals surface area contributed by atoms with E-state index in [1.165, 1.54) is 12.1 Å². The van der Waals surface area contributed by atoms with Crippen molar-refractivity contribution in [1.82, 2.24) is 0 Å². The topological polar surface area (TPSA) is 23.8 Å². The van der Waals surface area contributed by atoms with Crippen molar-refractivity contribution < 1.29 is 4.39 Å². The Labute approximate surface area is 99.1 Å². The van der Waals surface area contributed by atoms with Crippen LogP contribution in [0.5, 0.6) is 0 Å². The third kappa shape index (κ3) is 2.93. The van der Waals surface area contributed by atoms with Crippen molar-refractivity contribution in [3.05, 3.63) is 71.0 Å². The van der Waals surface area contributed by atoms with E-state index in [4.69, 9.17) is 5.26 Å². The summed E-state index contributed by atoms with van der Waals surface area (Å²) in [5.74, 6) is 5.48. The summed E-state index contributed by atoms with van der Waals surface area (Å²) in [7, 11) is 0. The minimum atomic E-state index is -0.295. The molecule has 0 aliphatic heterocycles. The van der Waals surface area contributed by atoms with E-state index in [0.717, 1.165) is 5.56 Å². The van der Waals surface area contributed by atoms with E-state index in [1.807, 2.05) is 6.07 Å². The van der Waals surface area contributed by atoms with Crippen LogP contribution in [0, 0.1) is 29.0 Å². The monoisotopic (exact) mass is 221 g/mol. The molecule has 80 valence electrons. The van der Waals surface area contributed by atoms with E-state index in [9.17, 15) is 4.39 Å². The molecule has 0 aliphatic rings. The lowest BCUT2D eigenvalue weighted by Gasteiger charge is -1.91. The van der Waals surface area contributed by atoms with Gasteiger partial charge in [0.05, 0.1) is 11.6 Å². The third-order valence-electron chi connectivity index (χ3n) is 2.19. The molecule has 0 radical (unpaired) electrons. The number of rotatable bonds is 0. The average Bonchev–Trinajstić information content (AvgIpc) is 2.37. The van der Waals surface area contributed by atoms with Gasteiger partial charge in [-0.25, -0.2) is 4.39 Å². The van der Waals surface area contributed by atoms with Gasteiger partial charge >= 0.3 is 0 Å². The maximum Gasteiger partial charge on any atom is 0.124 e. The first kappa shape index (κ1) is 10.9. The van der Waals surface area contributed by atoms with Crippen LogP contribution < -0.4 is 0 Å². The second-order valence-corrected chi connectivity index (χ2v) is 3.45. The van der Waals surface area contributed by atoms with Gasteiger partial charge in [-0.2, -0.15) is 5.26 Å². The summed E-state index contributed by atoms with van der Waals surface area (Å²) >= 11 is 0. The first-order valence-electron chi connectivity index (χ1n) is 5.06. The van der Waals surface area contributed by atoms with Crippen LogP contribution in [-0.2, 0) is 0 Å². The minimum Gasteiger partial charge on any atom is -0.207 e. The first-order valence-corrected chi connectivity index (χ1v) is 5.06. The fourth-order valence-electron chi connectivity index (χ4n) is 1.34. The molecule has 2 aromatic carbocycles. The van der Waals surface area contributed by atoms with E-state index in [2.05, 4.69) is 11.8 Å². The molecule has 2 rings (SSSR count). The van der Waals surface area contributed by atoms with Gasteiger partial charge in [0.15, 0.2) is 0 Å². The molecule has 2 aromatic rings. The van der Waals surface area contributed by atoms with Crippen LogP contribution in [0.25, 0.3) is 0 Å². The van der Waals surface area contributed by atoms with Crippen LogP contribution in [0.2, 0.25) is 0 Å². The van der Waals surface area contributed by atoms with Gasteiger partial charge in [-0.05, 0) is 42.5 Å². The second-order valence-electron chi connectivity index (χ2n) is 3.45. The van der Waals surface area contributed by atoms with Crippen molar-refractivity contribution in [2.45, 2.75) is 0 Å². The van der Waals surface area contributed by atoms with Gasteiger partial charge in [0, 0.05) is 11.1 Å². The van der Waals surface area contributed by atoms with Gasteiger partial charge in [-0.15, -0.1) is 0 Å². The second kappa shape index (κ2) is 4.96. The molecule has 0 heterocycles. The Bertz CT molecular complexity index is 624. The molecule has 0 bridgehead atoms. The van der Waals surface area contributed by atoms with Crippen molar-refractivity contribution in [3.63, 3.8) is 0 Å². The van der Waals surface area contributed by atoms with Crippen molar-refractivity contribution in [2.24, 2.45) is 0 Å². The van der Waals surface area contributed by atoms with Crippen LogP contribution in [0.3, 0.4) is 0 Å². The van der Waals surface area contributed by atoms with Crippen LogP contribution in [0.4, 0.5) is 4.39 Å². The number of hydrogen-bond acceptors (Lipinski definition) is 1. The zero-order chi connectivity index (χ0) is 12.1. The minimum absolute atomic E-state index is 0.295. The first-order chi connectivity index (χ1) is 8.28. The van der Waals surface area contributed by atoms with Crippen LogP contribution >= 0.6 is 0 Å². The Morgan fingerprint density at radius 2 is 1.47 bits per heavy atom. The standard InChI is InChI=1S/C15H8FN/c16-15-3-1-2-13(10-15)7-4-12-5-8-14(11-17)9-6-12/h1-3,5-6,8-10H. The summed E-state index contributed by atoms with van der Waals surface area (Å²) in [6, 6.07) is 15.1. The molecular formula is C15H8FN. The summed E-state index contributed by atoms with van der Waals surface area (Å²) in [5, 5.41) is 8.64. The van der Waals surface area contributed by atoms with Crippen LogP contribution in [0.1, 0.15) is 16.7 Å². The van der Waals surface area contributed by atoms with Crippen molar-refractivity contribution in [1.29, 1.82) is 5.26 Å². The summed E-state index contributed by atoms with van der Waals surface area (Å²) in [6.07, 6.45) is 0. The van der Waals surface area contributed by atoms with Gasteiger partial charge in [0.25, 0.3) is 0 Å². The molecule has 2 heteroatoms. The van der Waals surface area contributed by atoms with E-state index in [1.54, 1.807) is 36.4 Å². The zero-order valence-corrected chi connectivity index (χ0v) is 8.94. The third-order valence-corrected chi connectivity index (χ3v) is 2.19. The normalized spacial score (nSPS) is 8.94. The number of halogens is 1. The molecule has 1 nitrogen and oxygen atoms in total. The lowest BCUT2D eigenvalue weighted by atomic mass is 10.1. The Hall–Kier alpha value is -2.58. The highest BCUT2D eigenvalue weighted by molar-refractivity contribution is 5.44. The molecule has 0 saturated heterocycles. The highest BCUT2D eigenvalue weighted by Gasteiger charge is 1.91. The summed E-state index contributed by atoms with van der Waals surface area (Å²) in [6.45, 7) is 0. The van der Waals surface area contributed by atoms with Gasteiger partial charge in [-0.1, -0.05) is 17.9 Å². The highest BCUT2D eigenvalue weighted by atomic mass is 19.1. The van der Waals surface area contributed by atoms with Crippen LogP contribution in [-0.4, -0.2) is 0 Å². The zero-order valence-electron chi connectivity index (χ0n) is 8.94. The Balaban J connectivity index is 2.24. The Morgan fingerprint density at radius 1 is 0.824 bits per heavy atom. The smallest absolute Gasteiger partial charge is 0.124 e. The van der Waals surface area contributed by atoms with Crippen LogP contribution in [0.15, 0.2) is 48.5 Å². The predicted octanol–water partition coefficient (Wildman–Crippen LogP) is 3.10. The summed E-state index contributed by atoms with van der Waals surface area (Å²) in [5.41, 5.74) is 2.03. The van der Waals surface area contributed by atoms with Crippen molar-refractivity contribution >= 4 is 0 Å². The van der Waals surface area contributed by atoms with Gasteiger partial charge in [0.1, 0.15) is 5.82 Å². The number of nitrogens with zero attached hydrogens (tertiary/aromatic N) is 1. The summed E-state index contributed by atoms with van der Waals surface area (Å²) < 4.78 is 12.9. The summed E-state index contributed by atoms with van der Waals surface area (Å²) in [4.78, 5) is 0. The Kier molecular flexibility index (Phi) is 3.19. The molecule has 0 spiro atoms. The molecule has 0 aliphatic carbocycles. The predicted molar refractivity (Wildman–Crippen MR) is 63.5 cm³/mol. The average molecular weight is 221 g/mol. The van der Waals surface area contributed by atoms with Gasteiger partial charge < -0.3 is 0 Å². The fraction of sp³-hybridized carbons (Fsp3) is 0. The van der Waals surface area contributed by atoms with Crippen molar-refractivity contribution in [2.75, 3.05) is 0 Å². The molecule has 0 amide bonds. The molecule has 0 aromatic heterocycles. The Morgan fingerprint density at radius 3 is 2.12 bits per heavy atom.